The summed E-state index contributed by atoms with van der Waals surface area (Å²) >= 11 is 0. The van der Waals surface area contributed by atoms with Gasteiger partial charge in [-0.3, -0.25) is 0 Å². The lowest BCUT2D eigenvalue weighted by atomic mass is 10.1. The Morgan fingerprint density at radius 1 is 0.448 bits per heavy atom. The summed E-state index contributed by atoms with van der Waals surface area (Å²) in [5.41, 5.74) is 0. The summed E-state index contributed by atoms with van der Waals surface area (Å²) < 4.78 is 15.1. The molecule has 0 aromatic heterocycles. The van der Waals surface area contributed by atoms with Crippen LogP contribution in [0.3, 0.4) is 0 Å². The number of allylic oxidation sites excluding steroid dienone is 4. The Hall–Kier alpha value is -0.640. The molecule has 0 aromatic rings. The summed E-state index contributed by atoms with van der Waals surface area (Å²) in [7, 11) is 0. The maximum Gasteiger partial charge on any atom is 0.149 e. The van der Waals surface area contributed by atoms with E-state index in [1.165, 1.54) is 77.0 Å². The summed E-state index contributed by atoms with van der Waals surface area (Å²) in [5, 5.41) is 0. The average Bonchev–Trinajstić information content (AvgIpc) is 2.74. The molecule has 0 radical (unpaired) electrons. The van der Waals surface area contributed by atoms with Crippen LogP contribution in [0.25, 0.3) is 0 Å². The van der Waals surface area contributed by atoms with Gasteiger partial charge in [-0.15, -0.1) is 0 Å². The smallest absolute Gasteiger partial charge is 0.149 e. The highest BCUT2D eigenvalue weighted by Gasteiger charge is 1.90. The van der Waals surface area contributed by atoms with Gasteiger partial charge in [-0.2, -0.15) is 0 Å². The lowest BCUT2D eigenvalue weighted by Crippen LogP contribution is -2.05. The van der Waals surface area contributed by atoms with Crippen LogP contribution in [-0.2, 0) is 14.2 Å². The van der Waals surface area contributed by atoms with Crippen LogP contribution in [0.2, 0.25) is 0 Å². The molecular formula is C26H52O3. The first kappa shape index (κ1) is 30.6. The molecule has 0 aromatic carbocycles. The van der Waals surface area contributed by atoms with E-state index in [2.05, 4.69) is 52.0 Å². The van der Waals surface area contributed by atoms with Crippen LogP contribution in [0.4, 0.5) is 0 Å². The molecule has 3 heteroatoms. The molecule has 3 nitrogen and oxygen atoms in total. The largest absolute Gasteiger partial charge is 0.355 e. The first-order chi connectivity index (χ1) is 14.3. The second-order valence-electron chi connectivity index (χ2n) is 7.45. The minimum Gasteiger partial charge on any atom is -0.355 e. The first-order valence-electron chi connectivity index (χ1n) is 12.4. The van der Waals surface area contributed by atoms with Gasteiger partial charge in [0, 0.05) is 13.2 Å². The number of rotatable bonds is 21. The molecule has 0 unspecified atom stereocenters. The molecule has 29 heavy (non-hydrogen) atoms. The van der Waals surface area contributed by atoms with E-state index in [1.54, 1.807) is 0 Å². The molecule has 0 bridgehead atoms. The molecule has 174 valence electrons. The Balaban J connectivity index is 0. The monoisotopic (exact) mass is 412 g/mol. The summed E-state index contributed by atoms with van der Waals surface area (Å²) in [4.78, 5) is 0. The summed E-state index contributed by atoms with van der Waals surface area (Å²) in [5.74, 6) is 0. The lowest BCUT2D eigenvalue weighted by Gasteiger charge is -2.04. The van der Waals surface area contributed by atoms with Crippen LogP contribution in [0.5, 0.6) is 0 Å². The molecule has 0 atom stereocenters. The second kappa shape index (κ2) is 32.0. The minimum absolute atomic E-state index is 0.345. The van der Waals surface area contributed by atoms with E-state index in [9.17, 15) is 0 Å². The second-order valence-corrected chi connectivity index (χ2v) is 7.45. The zero-order chi connectivity index (χ0) is 21.7. The summed E-state index contributed by atoms with van der Waals surface area (Å²) in [6.07, 6.45) is 27.6. The van der Waals surface area contributed by atoms with Crippen molar-refractivity contribution < 1.29 is 14.2 Å². The SMILES string of the molecule is CC/C=C\CCCCCCCC/C=C/CCCC.CCCOCOCOCCC. The van der Waals surface area contributed by atoms with Crippen molar-refractivity contribution in [3.8, 4) is 0 Å². The van der Waals surface area contributed by atoms with Gasteiger partial charge in [-0.05, 0) is 51.4 Å². The predicted octanol–water partition coefficient (Wildman–Crippen LogP) is 8.59. The van der Waals surface area contributed by atoms with Gasteiger partial charge in [0.15, 0.2) is 0 Å². The highest BCUT2D eigenvalue weighted by molar-refractivity contribution is 4.81. The Morgan fingerprint density at radius 2 is 0.897 bits per heavy atom. The molecule has 0 fully saturated rings. The van der Waals surface area contributed by atoms with Gasteiger partial charge in [0.1, 0.15) is 13.6 Å². The Bertz CT molecular complexity index is 305. The zero-order valence-corrected chi connectivity index (χ0v) is 20.3. The molecule has 0 spiro atoms. The van der Waals surface area contributed by atoms with Crippen molar-refractivity contribution in [2.24, 2.45) is 0 Å². The molecule has 0 aliphatic carbocycles. The van der Waals surface area contributed by atoms with Crippen LogP contribution >= 0.6 is 0 Å². The fourth-order valence-corrected chi connectivity index (χ4v) is 2.63. The third-order valence-electron chi connectivity index (χ3n) is 4.32. The minimum atomic E-state index is 0.345. The van der Waals surface area contributed by atoms with Crippen molar-refractivity contribution in [2.75, 3.05) is 26.8 Å². The van der Waals surface area contributed by atoms with E-state index in [0.717, 1.165) is 26.1 Å². The molecule has 0 N–H and O–H groups in total. The molecule has 0 saturated carbocycles. The number of ether oxygens (including phenoxy) is 3. The van der Waals surface area contributed by atoms with Crippen molar-refractivity contribution in [2.45, 2.75) is 118 Å². The highest BCUT2D eigenvalue weighted by atomic mass is 16.7. The van der Waals surface area contributed by atoms with Crippen LogP contribution in [0.15, 0.2) is 24.3 Å². The van der Waals surface area contributed by atoms with Crippen LogP contribution < -0.4 is 0 Å². The van der Waals surface area contributed by atoms with Crippen molar-refractivity contribution in [1.82, 2.24) is 0 Å². The standard InChI is InChI=1S/C18H34.C8H18O3/c1-3-5-7-9-11-13-15-17-18-16-14-12-10-8-6-4-2;1-3-5-9-7-11-8-10-6-4-2/h5,7,10,12H,3-4,6,8-9,11,13-18H2,1-2H3;3-8H2,1-2H3/b7-5-,12-10+;. The Labute approximate surface area is 183 Å². The molecule has 0 aliphatic heterocycles. The van der Waals surface area contributed by atoms with Gasteiger partial charge in [-0.25, -0.2) is 0 Å². The van der Waals surface area contributed by atoms with Gasteiger partial charge >= 0.3 is 0 Å². The molecule has 0 rings (SSSR count). The topological polar surface area (TPSA) is 27.7 Å². The van der Waals surface area contributed by atoms with Crippen molar-refractivity contribution in [1.29, 1.82) is 0 Å². The van der Waals surface area contributed by atoms with E-state index >= 15 is 0 Å². The van der Waals surface area contributed by atoms with E-state index in [4.69, 9.17) is 14.2 Å². The van der Waals surface area contributed by atoms with E-state index < -0.39 is 0 Å². The molecule has 0 aliphatic rings. The predicted molar refractivity (Wildman–Crippen MR) is 128 cm³/mol. The van der Waals surface area contributed by atoms with Gasteiger partial charge in [0.05, 0.1) is 0 Å². The normalized spacial score (nSPS) is 11.3. The van der Waals surface area contributed by atoms with Gasteiger partial charge < -0.3 is 14.2 Å². The maximum absolute atomic E-state index is 5.06. The van der Waals surface area contributed by atoms with Crippen molar-refractivity contribution in [3.63, 3.8) is 0 Å². The van der Waals surface area contributed by atoms with Gasteiger partial charge in [0.25, 0.3) is 0 Å². The van der Waals surface area contributed by atoms with E-state index in [-0.39, 0.29) is 0 Å². The molecule has 0 saturated heterocycles. The Morgan fingerprint density at radius 3 is 1.34 bits per heavy atom. The molecule has 0 heterocycles. The fourth-order valence-electron chi connectivity index (χ4n) is 2.63. The third-order valence-corrected chi connectivity index (χ3v) is 4.32. The summed E-state index contributed by atoms with van der Waals surface area (Å²) in [6.45, 7) is 10.8. The van der Waals surface area contributed by atoms with E-state index in [1.807, 2.05) is 0 Å². The van der Waals surface area contributed by atoms with Crippen molar-refractivity contribution >= 4 is 0 Å². The lowest BCUT2D eigenvalue weighted by molar-refractivity contribution is -0.130. The van der Waals surface area contributed by atoms with E-state index in [0.29, 0.717) is 13.6 Å². The number of hydrogen-bond acceptors (Lipinski definition) is 3. The van der Waals surface area contributed by atoms with Gasteiger partial charge in [-0.1, -0.05) is 90.5 Å². The summed E-state index contributed by atoms with van der Waals surface area (Å²) in [6, 6.07) is 0. The molecular weight excluding hydrogens is 360 g/mol. The Kier molecular flexibility index (Phi) is 33.8. The van der Waals surface area contributed by atoms with Gasteiger partial charge in [0.2, 0.25) is 0 Å². The van der Waals surface area contributed by atoms with Crippen molar-refractivity contribution in [3.05, 3.63) is 24.3 Å². The third kappa shape index (κ3) is 35.2. The fraction of sp³-hybridized carbons (Fsp3) is 0.846. The highest BCUT2D eigenvalue weighted by Crippen LogP contribution is 2.09. The molecule has 0 amide bonds. The average molecular weight is 413 g/mol. The zero-order valence-electron chi connectivity index (χ0n) is 20.3. The van der Waals surface area contributed by atoms with Crippen LogP contribution in [0, 0.1) is 0 Å². The number of unbranched alkanes of at least 4 members (excludes halogenated alkanes) is 9. The van der Waals surface area contributed by atoms with Crippen LogP contribution in [0.1, 0.15) is 118 Å². The maximum atomic E-state index is 5.06. The van der Waals surface area contributed by atoms with Crippen LogP contribution in [-0.4, -0.2) is 26.8 Å². The quantitative estimate of drug-likeness (QED) is 0.107. The first-order valence-corrected chi connectivity index (χ1v) is 12.4. The number of hydrogen-bond donors (Lipinski definition) is 0.